The minimum Gasteiger partial charge on any atom is -0.487 e. The lowest BCUT2D eigenvalue weighted by atomic mass is 9.86. The molecule has 27 heavy (non-hydrogen) atoms. The molecule has 0 unspecified atom stereocenters. The van der Waals surface area contributed by atoms with Crippen LogP contribution in [0.15, 0.2) is 24.3 Å². The van der Waals surface area contributed by atoms with Crippen molar-refractivity contribution in [2.45, 2.75) is 53.6 Å². The molecule has 0 spiro atoms. The van der Waals surface area contributed by atoms with Crippen molar-refractivity contribution in [2.75, 3.05) is 18.8 Å². The van der Waals surface area contributed by atoms with Gasteiger partial charge in [0.2, 0.25) is 5.95 Å². The fraction of sp³-hybridized carbons (Fsp3) is 0.476. The molecule has 2 N–H and O–H groups in total. The number of anilines is 1. The first-order valence-electron chi connectivity index (χ1n) is 9.33. The van der Waals surface area contributed by atoms with Crippen molar-refractivity contribution in [3.63, 3.8) is 0 Å². The lowest BCUT2D eigenvalue weighted by Gasteiger charge is -2.24. The molecule has 6 nitrogen and oxygen atoms in total. The highest BCUT2D eigenvalue weighted by molar-refractivity contribution is 5.96. The lowest BCUT2D eigenvalue weighted by molar-refractivity contribution is 0.0768. The van der Waals surface area contributed by atoms with Crippen LogP contribution in [0.1, 0.15) is 61.9 Å². The Balaban J connectivity index is 2.39. The predicted octanol–water partition coefficient (Wildman–Crippen LogP) is 3.73. The van der Waals surface area contributed by atoms with Crippen molar-refractivity contribution in [1.82, 2.24) is 14.9 Å². The average Bonchev–Trinajstić information content (AvgIpc) is 2.59. The van der Waals surface area contributed by atoms with Crippen LogP contribution in [0.5, 0.6) is 5.75 Å². The number of nitrogens with zero attached hydrogens (tertiary/aromatic N) is 3. The Bertz CT molecular complexity index is 808. The maximum absolute atomic E-state index is 12.9. The highest BCUT2D eigenvalue weighted by Crippen LogP contribution is 2.31. The molecule has 146 valence electrons. The van der Waals surface area contributed by atoms with E-state index in [9.17, 15) is 4.79 Å². The molecule has 0 radical (unpaired) electrons. The van der Waals surface area contributed by atoms with E-state index < -0.39 is 0 Å². The zero-order valence-corrected chi connectivity index (χ0v) is 17.2. The van der Waals surface area contributed by atoms with Crippen LogP contribution in [0.4, 0.5) is 5.95 Å². The van der Waals surface area contributed by atoms with Gasteiger partial charge in [0.15, 0.2) is 0 Å². The second-order valence-corrected chi connectivity index (χ2v) is 7.50. The summed E-state index contributed by atoms with van der Waals surface area (Å²) in [5.41, 5.74) is 8.43. The smallest absolute Gasteiger partial charge is 0.257 e. The molecule has 0 aliphatic heterocycles. The van der Waals surface area contributed by atoms with Crippen LogP contribution in [0, 0.1) is 6.92 Å². The van der Waals surface area contributed by atoms with Crippen LogP contribution in [-0.4, -0.2) is 33.9 Å². The molecule has 0 bridgehead atoms. The molecule has 1 amide bonds. The number of rotatable bonds is 6. The van der Waals surface area contributed by atoms with Gasteiger partial charge in [0.05, 0.1) is 17.0 Å². The molecule has 1 heterocycles. The maximum Gasteiger partial charge on any atom is 0.257 e. The number of hydrogen-bond acceptors (Lipinski definition) is 5. The Morgan fingerprint density at radius 2 is 1.78 bits per heavy atom. The molecule has 1 aromatic carbocycles. The number of para-hydroxylation sites is 1. The van der Waals surface area contributed by atoms with Crippen molar-refractivity contribution < 1.29 is 9.53 Å². The van der Waals surface area contributed by atoms with E-state index in [1.807, 2.05) is 32.0 Å². The number of carbonyl (C=O) groups is 1. The van der Waals surface area contributed by atoms with E-state index in [2.05, 4.69) is 36.8 Å². The Kier molecular flexibility index (Phi) is 6.41. The van der Waals surface area contributed by atoms with Gasteiger partial charge in [-0.3, -0.25) is 4.79 Å². The number of carbonyl (C=O) groups excluding carboxylic acids is 1. The number of ether oxygens (including phenoxy) is 1. The van der Waals surface area contributed by atoms with Gasteiger partial charge in [0, 0.05) is 13.1 Å². The molecule has 6 heteroatoms. The number of nitrogen functional groups attached to an aromatic ring is 1. The van der Waals surface area contributed by atoms with Crippen LogP contribution in [0.3, 0.4) is 0 Å². The number of nitrogens with two attached hydrogens (primary N) is 1. The monoisotopic (exact) mass is 370 g/mol. The second-order valence-electron chi connectivity index (χ2n) is 7.50. The van der Waals surface area contributed by atoms with E-state index in [4.69, 9.17) is 10.5 Å². The summed E-state index contributed by atoms with van der Waals surface area (Å²) in [6.07, 6.45) is 0. The van der Waals surface area contributed by atoms with Crippen molar-refractivity contribution in [3.05, 3.63) is 46.8 Å². The van der Waals surface area contributed by atoms with Gasteiger partial charge in [-0.15, -0.1) is 0 Å². The fourth-order valence-electron chi connectivity index (χ4n) is 3.07. The molecule has 1 aromatic heterocycles. The normalized spacial score (nSPS) is 11.3. The molecule has 2 aromatic rings. The third-order valence-electron chi connectivity index (χ3n) is 4.51. The number of aromatic nitrogens is 2. The average molecular weight is 370 g/mol. The van der Waals surface area contributed by atoms with Crippen LogP contribution in [0.2, 0.25) is 0 Å². The van der Waals surface area contributed by atoms with E-state index in [1.165, 1.54) is 0 Å². The molecule has 0 saturated heterocycles. The molecule has 0 aliphatic carbocycles. The largest absolute Gasteiger partial charge is 0.487 e. The first-order valence-corrected chi connectivity index (χ1v) is 9.33. The summed E-state index contributed by atoms with van der Waals surface area (Å²) in [6, 6.07) is 7.92. The standard InChI is InChI=1S/C21H30N4O2/c1-7-25(8-2)19(26)18-14(3)23-20(22)24-16(18)13-27-17-12-10-9-11-15(17)21(4,5)6/h9-12H,7-8,13H2,1-6H3,(H2,22,23,24). The number of amides is 1. The van der Waals surface area contributed by atoms with Gasteiger partial charge in [-0.1, -0.05) is 39.0 Å². The summed E-state index contributed by atoms with van der Waals surface area (Å²) >= 11 is 0. The molecular weight excluding hydrogens is 340 g/mol. The van der Waals surface area contributed by atoms with E-state index >= 15 is 0 Å². The van der Waals surface area contributed by atoms with Gasteiger partial charge in [-0.25, -0.2) is 9.97 Å². The van der Waals surface area contributed by atoms with E-state index in [-0.39, 0.29) is 23.9 Å². The Labute approximate surface area is 161 Å². The van der Waals surface area contributed by atoms with Gasteiger partial charge >= 0.3 is 0 Å². The van der Waals surface area contributed by atoms with Gasteiger partial charge in [-0.2, -0.15) is 0 Å². The number of hydrogen-bond donors (Lipinski definition) is 1. The molecule has 0 atom stereocenters. The quantitative estimate of drug-likeness (QED) is 0.838. The van der Waals surface area contributed by atoms with Crippen molar-refractivity contribution in [3.8, 4) is 5.75 Å². The number of aryl methyl sites for hydroxylation is 1. The molecule has 0 saturated carbocycles. The van der Waals surface area contributed by atoms with Crippen LogP contribution >= 0.6 is 0 Å². The highest BCUT2D eigenvalue weighted by atomic mass is 16.5. The summed E-state index contributed by atoms with van der Waals surface area (Å²) in [5.74, 6) is 0.826. The van der Waals surface area contributed by atoms with Crippen molar-refractivity contribution in [1.29, 1.82) is 0 Å². The van der Waals surface area contributed by atoms with Crippen molar-refractivity contribution >= 4 is 11.9 Å². The minimum atomic E-state index is -0.0970. The van der Waals surface area contributed by atoms with Crippen molar-refractivity contribution in [2.24, 2.45) is 0 Å². The third kappa shape index (κ3) is 4.76. The van der Waals surface area contributed by atoms with Crippen LogP contribution in [0.25, 0.3) is 0 Å². The summed E-state index contributed by atoms with van der Waals surface area (Å²) < 4.78 is 6.08. The maximum atomic E-state index is 12.9. The Hall–Kier alpha value is -2.63. The lowest BCUT2D eigenvalue weighted by Crippen LogP contribution is -2.32. The SMILES string of the molecule is CCN(CC)C(=O)c1c(C)nc(N)nc1COc1ccccc1C(C)(C)C. The Morgan fingerprint density at radius 3 is 2.37 bits per heavy atom. The number of benzene rings is 1. The molecular formula is C21H30N4O2. The summed E-state index contributed by atoms with van der Waals surface area (Å²) in [5, 5.41) is 0. The van der Waals surface area contributed by atoms with E-state index in [0.717, 1.165) is 11.3 Å². The van der Waals surface area contributed by atoms with Crippen LogP contribution < -0.4 is 10.5 Å². The van der Waals surface area contributed by atoms with Gasteiger partial charge in [0.25, 0.3) is 5.91 Å². The molecule has 2 rings (SSSR count). The minimum absolute atomic E-state index is 0.0585. The first-order chi connectivity index (χ1) is 12.7. The van der Waals surface area contributed by atoms with Crippen LogP contribution in [-0.2, 0) is 12.0 Å². The summed E-state index contributed by atoms with van der Waals surface area (Å²) in [4.78, 5) is 23.2. The Morgan fingerprint density at radius 1 is 1.15 bits per heavy atom. The van der Waals surface area contributed by atoms with Gasteiger partial charge < -0.3 is 15.4 Å². The first kappa shape index (κ1) is 20.7. The van der Waals surface area contributed by atoms with Gasteiger partial charge in [-0.05, 0) is 37.8 Å². The fourth-order valence-corrected chi connectivity index (χ4v) is 3.07. The third-order valence-corrected chi connectivity index (χ3v) is 4.51. The zero-order chi connectivity index (χ0) is 20.2. The molecule has 0 aliphatic rings. The zero-order valence-electron chi connectivity index (χ0n) is 17.2. The second kappa shape index (κ2) is 8.37. The predicted molar refractivity (Wildman–Crippen MR) is 108 cm³/mol. The highest BCUT2D eigenvalue weighted by Gasteiger charge is 2.23. The topological polar surface area (TPSA) is 81.3 Å². The van der Waals surface area contributed by atoms with Gasteiger partial charge in [0.1, 0.15) is 12.4 Å². The summed E-state index contributed by atoms with van der Waals surface area (Å²) in [6.45, 7) is 13.5. The van der Waals surface area contributed by atoms with E-state index in [1.54, 1.807) is 11.8 Å². The molecule has 0 fully saturated rings. The summed E-state index contributed by atoms with van der Waals surface area (Å²) in [7, 11) is 0. The van der Waals surface area contributed by atoms with E-state index in [0.29, 0.717) is 30.0 Å².